The fourth-order valence-corrected chi connectivity index (χ4v) is 3.21. The van der Waals surface area contributed by atoms with Crippen molar-refractivity contribution in [3.05, 3.63) is 68.7 Å². The molecule has 0 fully saturated rings. The third-order valence-corrected chi connectivity index (χ3v) is 4.39. The molecule has 2 aromatic rings. The highest BCUT2D eigenvalue weighted by atomic mass is 79.9. The van der Waals surface area contributed by atoms with Crippen LogP contribution < -0.4 is 5.32 Å². The van der Waals surface area contributed by atoms with Gasteiger partial charge in [0, 0.05) is 9.50 Å². The van der Waals surface area contributed by atoms with Crippen LogP contribution in [0.2, 0.25) is 5.02 Å². The Kier molecular flexibility index (Phi) is 6.28. The molecule has 2 aromatic carbocycles. The van der Waals surface area contributed by atoms with Crippen LogP contribution in [0, 0.1) is 0 Å². The van der Waals surface area contributed by atoms with Crippen LogP contribution in [0.5, 0.6) is 0 Å². The Morgan fingerprint density at radius 1 is 1.14 bits per heavy atom. The average Bonchev–Trinajstić information content (AvgIpc) is 2.49. The molecule has 1 unspecified atom stereocenters. The van der Waals surface area contributed by atoms with Crippen LogP contribution in [0.1, 0.15) is 43.0 Å². The molecule has 0 bridgehead atoms. The molecular formula is C18H21BrClN. The molecule has 0 aliphatic rings. The lowest BCUT2D eigenvalue weighted by Crippen LogP contribution is -2.23. The molecule has 0 spiro atoms. The highest BCUT2D eigenvalue weighted by Crippen LogP contribution is 2.31. The molecule has 0 aliphatic carbocycles. The molecule has 3 heteroatoms. The maximum absolute atomic E-state index is 6.46. The number of hydrogen-bond donors (Lipinski definition) is 1. The van der Waals surface area contributed by atoms with Crippen molar-refractivity contribution in [2.75, 3.05) is 6.54 Å². The quantitative estimate of drug-likeness (QED) is 0.686. The van der Waals surface area contributed by atoms with Gasteiger partial charge in [-0.1, -0.05) is 71.7 Å². The Morgan fingerprint density at radius 3 is 2.62 bits per heavy atom. The number of rotatable bonds is 6. The lowest BCUT2D eigenvalue weighted by molar-refractivity contribution is 0.598. The van der Waals surface area contributed by atoms with Crippen LogP contribution in [0.3, 0.4) is 0 Å². The second-order valence-electron chi connectivity index (χ2n) is 5.15. The lowest BCUT2D eigenvalue weighted by Gasteiger charge is -2.21. The Balaban J connectivity index is 2.41. The molecule has 0 radical (unpaired) electrons. The first-order chi connectivity index (χ1) is 10.2. The topological polar surface area (TPSA) is 12.0 Å². The second kappa shape index (κ2) is 7.98. The van der Waals surface area contributed by atoms with Crippen LogP contribution in [0.4, 0.5) is 0 Å². The van der Waals surface area contributed by atoms with E-state index in [0.29, 0.717) is 0 Å². The summed E-state index contributed by atoms with van der Waals surface area (Å²) < 4.78 is 1.01. The summed E-state index contributed by atoms with van der Waals surface area (Å²) in [6.45, 7) is 5.32. The molecular weight excluding hydrogens is 346 g/mol. The number of hydrogen-bond acceptors (Lipinski definition) is 1. The molecule has 0 amide bonds. The Morgan fingerprint density at radius 2 is 1.95 bits per heavy atom. The summed E-state index contributed by atoms with van der Waals surface area (Å²) in [5.41, 5.74) is 3.75. The fraction of sp³-hybridized carbons (Fsp3) is 0.333. The van der Waals surface area contributed by atoms with Gasteiger partial charge in [-0.3, -0.25) is 0 Å². The van der Waals surface area contributed by atoms with Crippen LogP contribution in [-0.4, -0.2) is 6.54 Å². The van der Waals surface area contributed by atoms with E-state index in [1.54, 1.807) is 0 Å². The monoisotopic (exact) mass is 365 g/mol. The van der Waals surface area contributed by atoms with Crippen molar-refractivity contribution in [3.63, 3.8) is 0 Å². The van der Waals surface area contributed by atoms with Crippen LogP contribution in [-0.2, 0) is 6.42 Å². The highest BCUT2D eigenvalue weighted by molar-refractivity contribution is 9.10. The molecule has 1 nitrogen and oxygen atoms in total. The standard InChI is InChI=1S/C18H21BrClN/c1-3-10-21-18(14-7-5-6-13(4-2)11-14)16-9-8-15(19)12-17(16)20/h5-9,11-12,18,21H,3-4,10H2,1-2H3. The van der Waals surface area contributed by atoms with Crippen molar-refractivity contribution >= 4 is 27.5 Å². The van der Waals surface area contributed by atoms with Gasteiger partial charge in [0.1, 0.15) is 0 Å². The largest absolute Gasteiger partial charge is 0.306 e. The van der Waals surface area contributed by atoms with Gasteiger partial charge in [-0.25, -0.2) is 0 Å². The van der Waals surface area contributed by atoms with Gasteiger partial charge in [0.25, 0.3) is 0 Å². The van der Waals surface area contributed by atoms with Gasteiger partial charge in [-0.15, -0.1) is 0 Å². The van der Waals surface area contributed by atoms with E-state index in [1.807, 2.05) is 12.1 Å². The molecule has 0 heterocycles. The predicted octanol–water partition coefficient (Wildman–Crippen LogP) is 5.75. The normalized spacial score (nSPS) is 12.4. The summed E-state index contributed by atoms with van der Waals surface area (Å²) in [7, 11) is 0. The number of benzene rings is 2. The van der Waals surface area contributed by atoms with Crippen molar-refractivity contribution < 1.29 is 0 Å². The van der Waals surface area contributed by atoms with Crippen molar-refractivity contribution in [1.29, 1.82) is 0 Å². The van der Waals surface area contributed by atoms with Gasteiger partial charge < -0.3 is 5.32 Å². The predicted molar refractivity (Wildman–Crippen MR) is 95.1 cm³/mol. The third kappa shape index (κ3) is 4.32. The van der Waals surface area contributed by atoms with E-state index in [-0.39, 0.29) is 6.04 Å². The first kappa shape index (κ1) is 16.5. The Labute approximate surface area is 140 Å². The van der Waals surface area contributed by atoms with Crippen molar-refractivity contribution in [1.82, 2.24) is 5.32 Å². The fourth-order valence-electron chi connectivity index (χ4n) is 2.42. The summed E-state index contributed by atoms with van der Waals surface area (Å²) in [6, 6.07) is 15.0. The Hall–Kier alpha value is -0.830. The van der Waals surface area contributed by atoms with Gasteiger partial charge >= 0.3 is 0 Å². The first-order valence-corrected chi connectivity index (χ1v) is 8.60. The van der Waals surface area contributed by atoms with Crippen LogP contribution >= 0.6 is 27.5 Å². The number of aryl methyl sites for hydroxylation is 1. The third-order valence-electron chi connectivity index (χ3n) is 3.56. The lowest BCUT2D eigenvalue weighted by atomic mass is 9.96. The second-order valence-corrected chi connectivity index (χ2v) is 6.47. The Bertz CT molecular complexity index is 598. The minimum atomic E-state index is 0.136. The minimum absolute atomic E-state index is 0.136. The van der Waals surface area contributed by atoms with E-state index in [1.165, 1.54) is 11.1 Å². The summed E-state index contributed by atoms with van der Waals surface area (Å²) in [6.07, 6.45) is 2.14. The molecule has 0 aromatic heterocycles. The number of halogens is 2. The van der Waals surface area contributed by atoms with E-state index < -0.39 is 0 Å². The van der Waals surface area contributed by atoms with Gasteiger partial charge in [0.2, 0.25) is 0 Å². The molecule has 1 N–H and O–H groups in total. The highest BCUT2D eigenvalue weighted by Gasteiger charge is 2.16. The zero-order valence-electron chi connectivity index (χ0n) is 12.5. The zero-order chi connectivity index (χ0) is 15.2. The molecule has 112 valence electrons. The zero-order valence-corrected chi connectivity index (χ0v) is 14.8. The molecule has 21 heavy (non-hydrogen) atoms. The molecule has 0 saturated carbocycles. The molecule has 2 rings (SSSR count). The SMILES string of the molecule is CCCNC(c1cccc(CC)c1)c1ccc(Br)cc1Cl. The van der Waals surface area contributed by atoms with Crippen molar-refractivity contribution in [2.45, 2.75) is 32.7 Å². The molecule has 1 atom stereocenters. The first-order valence-electron chi connectivity index (χ1n) is 7.42. The van der Waals surface area contributed by atoms with E-state index in [2.05, 4.69) is 65.4 Å². The van der Waals surface area contributed by atoms with Gasteiger partial charge in [0.15, 0.2) is 0 Å². The van der Waals surface area contributed by atoms with E-state index in [4.69, 9.17) is 11.6 Å². The van der Waals surface area contributed by atoms with Gasteiger partial charge in [0.05, 0.1) is 6.04 Å². The van der Waals surface area contributed by atoms with Gasteiger partial charge in [-0.05, 0) is 48.2 Å². The van der Waals surface area contributed by atoms with E-state index in [9.17, 15) is 0 Å². The van der Waals surface area contributed by atoms with Crippen LogP contribution in [0.25, 0.3) is 0 Å². The minimum Gasteiger partial charge on any atom is -0.306 e. The van der Waals surface area contributed by atoms with E-state index in [0.717, 1.165) is 34.4 Å². The van der Waals surface area contributed by atoms with E-state index >= 15 is 0 Å². The maximum Gasteiger partial charge on any atom is 0.0591 e. The summed E-state index contributed by atoms with van der Waals surface area (Å²) in [4.78, 5) is 0. The average molecular weight is 367 g/mol. The van der Waals surface area contributed by atoms with Gasteiger partial charge in [-0.2, -0.15) is 0 Å². The molecule has 0 aliphatic heterocycles. The molecule has 0 saturated heterocycles. The summed E-state index contributed by atoms with van der Waals surface area (Å²) in [5.74, 6) is 0. The smallest absolute Gasteiger partial charge is 0.0591 e. The van der Waals surface area contributed by atoms with Crippen molar-refractivity contribution in [3.8, 4) is 0 Å². The summed E-state index contributed by atoms with van der Waals surface area (Å²) >= 11 is 9.93. The van der Waals surface area contributed by atoms with Crippen molar-refractivity contribution in [2.24, 2.45) is 0 Å². The maximum atomic E-state index is 6.46. The summed E-state index contributed by atoms with van der Waals surface area (Å²) in [5, 5.41) is 4.41. The van der Waals surface area contributed by atoms with Crippen LogP contribution in [0.15, 0.2) is 46.9 Å². The number of nitrogens with one attached hydrogen (secondary N) is 1.